The molecule has 2 N–H and O–H groups in total. The number of ether oxygens (including phenoxy) is 3. The Kier molecular flexibility index (Phi) is 6.87. The van der Waals surface area contributed by atoms with Gasteiger partial charge in [0.1, 0.15) is 23.2 Å². The van der Waals surface area contributed by atoms with Crippen LogP contribution in [0.3, 0.4) is 0 Å². The van der Waals surface area contributed by atoms with E-state index in [2.05, 4.69) is 21.9 Å². The van der Waals surface area contributed by atoms with Crippen molar-refractivity contribution in [1.29, 1.82) is 0 Å². The van der Waals surface area contributed by atoms with E-state index in [9.17, 15) is 9.90 Å². The van der Waals surface area contributed by atoms with Crippen LogP contribution in [0.1, 0.15) is 71.4 Å². The SMILES string of the molecule is C[C@H]1C[C@@H]2C[C@H]1CC2c1nc(Oc2cnc(OC3CC(O)C3)nc2)nc2[nH]c3c(N(C)C(=O)OC(C)(C)C)cc(F)cc3c12. The van der Waals surface area contributed by atoms with Crippen LogP contribution in [0.5, 0.6) is 17.8 Å². The fourth-order valence-electron chi connectivity index (χ4n) is 7.06. The Hall–Kier alpha value is -4.06. The fraction of sp³-hybridized carbons (Fsp3) is 0.531. The number of H-pyrrole nitrogens is 1. The number of benzene rings is 1. The lowest BCUT2D eigenvalue weighted by Gasteiger charge is -2.30. The normalized spacial score (nSPS) is 26.2. The molecule has 1 amide bonds. The van der Waals surface area contributed by atoms with E-state index in [1.54, 1.807) is 27.8 Å². The van der Waals surface area contributed by atoms with E-state index in [1.165, 1.54) is 29.4 Å². The van der Waals surface area contributed by atoms with E-state index in [0.717, 1.165) is 30.3 Å². The van der Waals surface area contributed by atoms with Crippen LogP contribution < -0.4 is 14.4 Å². The molecule has 232 valence electrons. The zero-order valence-corrected chi connectivity index (χ0v) is 25.5. The second-order valence-electron chi connectivity index (χ2n) is 13.6. The second kappa shape index (κ2) is 10.5. The summed E-state index contributed by atoms with van der Waals surface area (Å²) in [5.74, 6) is 1.78. The topological polar surface area (TPSA) is 136 Å². The van der Waals surface area contributed by atoms with Crippen molar-refractivity contribution in [2.24, 2.45) is 17.8 Å². The Balaban J connectivity index is 1.28. The highest BCUT2D eigenvalue weighted by atomic mass is 19.1. The Morgan fingerprint density at radius 3 is 2.43 bits per heavy atom. The van der Waals surface area contributed by atoms with Crippen molar-refractivity contribution in [3.8, 4) is 17.8 Å². The van der Waals surface area contributed by atoms with E-state index >= 15 is 4.39 Å². The van der Waals surface area contributed by atoms with Gasteiger partial charge in [0.2, 0.25) is 0 Å². The molecule has 1 aromatic carbocycles. The molecule has 0 saturated heterocycles. The van der Waals surface area contributed by atoms with Crippen molar-refractivity contribution >= 4 is 33.7 Å². The molecule has 3 fully saturated rings. The summed E-state index contributed by atoms with van der Waals surface area (Å²) in [6, 6.07) is 3.12. The van der Waals surface area contributed by atoms with Crippen LogP contribution in [0.25, 0.3) is 21.9 Å². The molecule has 3 aliphatic carbocycles. The average molecular weight is 605 g/mol. The molecule has 3 saturated carbocycles. The molecular formula is C32H37FN6O5. The fourth-order valence-corrected chi connectivity index (χ4v) is 7.06. The molecule has 12 heteroatoms. The average Bonchev–Trinajstić information content (AvgIpc) is 3.63. The van der Waals surface area contributed by atoms with Gasteiger partial charge in [0.05, 0.1) is 35.4 Å². The van der Waals surface area contributed by atoms with Crippen LogP contribution in [0.2, 0.25) is 0 Å². The maximum Gasteiger partial charge on any atom is 0.414 e. The first kappa shape index (κ1) is 28.7. The molecule has 0 spiro atoms. The van der Waals surface area contributed by atoms with E-state index in [-0.39, 0.29) is 30.1 Å². The number of amides is 1. The summed E-state index contributed by atoms with van der Waals surface area (Å²) in [4.78, 5) is 35.8. The van der Waals surface area contributed by atoms with Crippen LogP contribution in [-0.2, 0) is 4.74 Å². The maximum atomic E-state index is 15.2. The van der Waals surface area contributed by atoms with Crippen molar-refractivity contribution in [1.82, 2.24) is 24.9 Å². The van der Waals surface area contributed by atoms with Gasteiger partial charge in [-0.1, -0.05) is 6.92 Å². The standard InChI is InChI=1S/C32H37FN6O5/c1-15-6-17-7-16(15)8-22(17)27-25-23-9-18(33)10-24(39(5)31(41)44-32(2,3)4)26(23)36-28(25)38-30(37-27)43-21-13-34-29(35-14-21)42-20-11-19(40)12-20/h9-10,13-17,19-20,22,40H,6-8,11-12H2,1-5H3,(H,36,37,38)/t15-,16-,17+,19?,20?,22?/m0/s1. The van der Waals surface area contributed by atoms with Crippen molar-refractivity contribution < 1.29 is 28.5 Å². The first-order valence-electron chi connectivity index (χ1n) is 15.3. The van der Waals surface area contributed by atoms with E-state index in [0.29, 0.717) is 58.6 Å². The molecule has 44 heavy (non-hydrogen) atoms. The van der Waals surface area contributed by atoms with Gasteiger partial charge in [-0.25, -0.2) is 9.18 Å². The molecular weight excluding hydrogens is 567 g/mol. The molecule has 4 atom stereocenters. The number of carbonyl (C=O) groups is 1. The monoisotopic (exact) mass is 604 g/mol. The van der Waals surface area contributed by atoms with Crippen molar-refractivity contribution in [2.75, 3.05) is 11.9 Å². The third kappa shape index (κ3) is 5.29. The highest BCUT2D eigenvalue weighted by molar-refractivity contribution is 6.13. The van der Waals surface area contributed by atoms with Gasteiger partial charge < -0.3 is 24.3 Å². The summed E-state index contributed by atoms with van der Waals surface area (Å²) in [7, 11) is 1.56. The first-order valence-corrected chi connectivity index (χ1v) is 15.3. The minimum absolute atomic E-state index is 0.0966. The number of aliphatic hydroxyl groups is 1. The molecule has 4 aromatic rings. The number of anilines is 1. The Bertz CT molecular complexity index is 1730. The number of nitrogens with one attached hydrogen (secondary N) is 1. The minimum atomic E-state index is -0.713. The van der Waals surface area contributed by atoms with Crippen molar-refractivity contribution in [3.05, 3.63) is 36.0 Å². The number of rotatable bonds is 6. The van der Waals surface area contributed by atoms with Gasteiger partial charge in [0.25, 0.3) is 0 Å². The minimum Gasteiger partial charge on any atom is -0.460 e. The lowest BCUT2D eigenvalue weighted by atomic mass is 9.80. The molecule has 1 unspecified atom stereocenters. The number of hydrogen-bond acceptors (Lipinski definition) is 9. The van der Waals surface area contributed by atoms with E-state index < -0.39 is 17.5 Å². The molecule has 11 nitrogen and oxygen atoms in total. The van der Waals surface area contributed by atoms with Crippen LogP contribution >= 0.6 is 0 Å². The third-order valence-corrected chi connectivity index (χ3v) is 9.26. The Labute approximate surface area is 254 Å². The predicted molar refractivity (Wildman–Crippen MR) is 160 cm³/mol. The Morgan fingerprint density at radius 1 is 1.05 bits per heavy atom. The summed E-state index contributed by atoms with van der Waals surface area (Å²) in [6.45, 7) is 7.67. The zero-order valence-electron chi connectivity index (χ0n) is 25.5. The lowest BCUT2D eigenvalue weighted by molar-refractivity contribution is -0.0151. The third-order valence-electron chi connectivity index (χ3n) is 9.26. The van der Waals surface area contributed by atoms with Crippen LogP contribution in [0, 0.1) is 23.6 Å². The maximum absolute atomic E-state index is 15.2. The van der Waals surface area contributed by atoms with Gasteiger partial charge in [-0.05, 0) is 69.9 Å². The number of fused-ring (bicyclic) bond motifs is 5. The molecule has 3 heterocycles. The zero-order chi connectivity index (χ0) is 30.9. The van der Waals surface area contributed by atoms with Gasteiger partial charge >= 0.3 is 18.1 Å². The largest absolute Gasteiger partial charge is 0.460 e. The molecule has 0 aliphatic heterocycles. The number of nitrogens with zero attached hydrogens (tertiary/aromatic N) is 5. The molecule has 3 aliphatic rings. The van der Waals surface area contributed by atoms with Gasteiger partial charge in [-0.15, -0.1) is 0 Å². The van der Waals surface area contributed by atoms with Crippen molar-refractivity contribution in [3.63, 3.8) is 0 Å². The summed E-state index contributed by atoms with van der Waals surface area (Å²) >= 11 is 0. The molecule has 7 rings (SSSR count). The Morgan fingerprint density at radius 2 is 1.80 bits per heavy atom. The summed E-state index contributed by atoms with van der Waals surface area (Å²) in [5.41, 5.74) is 1.49. The predicted octanol–water partition coefficient (Wildman–Crippen LogP) is 6.26. The number of aliphatic hydroxyl groups excluding tert-OH is 1. The van der Waals surface area contributed by atoms with Gasteiger partial charge in [0.15, 0.2) is 5.75 Å². The van der Waals surface area contributed by atoms with Gasteiger partial charge in [0, 0.05) is 36.6 Å². The van der Waals surface area contributed by atoms with Gasteiger partial charge in [-0.3, -0.25) is 4.90 Å². The smallest absolute Gasteiger partial charge is 0.414 e. The van der Waals surface area contributed by atoms with Gasteiger partial charge in [-0.2, -0.15) is 19.9 Å². The summed E-state index contributed by atoms with van der Waals surface area (Å²) in [5, 5.41) is 10.8. The number of halogens is 1. The first-order chi connectivity index (χ1) is 20.9. The van der Waals surface area contributed by atoms with Crippen molar-refractivity contribution in [2.45, 2.75) is 83.5 Å². The lowest BCUT2D eigenvalue weighted by Crippen LogP contribution is -2.37. The highest BCUT2D eigenvalue weighted by Gasteiger charge is 2.46. The van der Waals surface area contributed by atoms with E-state index in [1.807, 2.05) is 0 Å². The van der Waals surface area contributed by atoms with E-state index in [4.69, 9.17) is 24.2 Å². The number of hydrogen-bond donors (Lipinski definition) is 2. The quantitative estimate of drug-likeness (QED) is 0.262. The number of aromatic amines is 1. The summed E-state index contributed by atoms with van der Waals surface area (Å²) < 4.78 is 32.5. The molecule has 0 radical (unpaired) electrons. The van der Waals surface area contributed by atoms with Crippen LogP contribution in [0.4, 0.5) is 14.9 Å². The summed E-state index contributed by atoms with van der Waals surface area (Å²) in [6.07, 6.45) is 6.34. The second-order valence-corrected chi connectivity index (χ2v) is 13.6. The van der Waals surface area contributed by atoms with Crippen LogP contribution in [0.15, 0.2) is 24.5 Å². The molecule has 2 bridgehead atoms. The highest BCUT2D eigenvalue weighted by Crippen LogP contribution is 2.56. The number of aromatic nitrogens is 5. The van der Waals surface area contributed by atoms with Crippen LogP contribution in [-0.4, -0.2) is 61.0 Å². The molecule has 3 aromatic heterocycles. The number of carbonyl (C=O) groups excluding carboxylic acids is 1.